The Balaban J connectivity index is 1.59. The van der Waals surface area contributed by atoms with Crippen molar-refractivity contribution < 1.29 is 9.90 Å². The fourth-order valence-corrected chi connectivity index (χ4v) is 3.70. The molecule has 0 atom stereocenters. The van der Waals surface area contributed by atoms with Crippen LogP contribution in [0.4, 0.5) is 10.7 Å². The maximum Gasteiger partial charge on any atom is 0.278 e. The molecule has 0 saturated carbocycles. The summed E-state index contributed by atoms with van der Waals surface area (Å²) in [6, 6.07) is 5.11. The van der Waals surface area contributed by atoms with E-state index in [0.29, 0.717) is 5.00 Å². The average Bonchev–Trinajstić information content (AvgIpc) is 3.05. The van der Waals surface area contributed by atoms with Crippen LogP contribution in [-0.4, -0.2) is 47.2 Å². The first-order chi connectivity index (χ1) is 12.2. The first-order valence-corrected chi connectivity index (χ1v) is 8.88. The third-order valence-electron chi connectivity index (χ3n) is 4.13. The second kappa shape index (κ2) is 6.66. The summed E-state index contributed by atoms with van der Waals surface area (Å²) in [7, 11) is 0. The van der Waals surface area contributed by atoms with Crippen molar-refractivity contribution in [2.45, 2.75) is 0 Å². The SMILES string of the molecule is O=C(Nc1scc2cc(N3CCNCC3)cnc12)c1ncccc1O. The maximum atomic E-state index is 12.3. The standard InChI is InChI=1S/C17H17N5O2S/c23-13-2-1-3-19-15(13)16(24)21-17-14-11(10-25-17)8-12(9-20-14)22-6-4-18-5-7-22/h1-3,8-10,18,23H,4-7H2,(H,21,24). The molecule has 0 radical (unpaired) electrons. The molecule has 1 saturated heterocycles. The Kier molecular flexibility index (Phi) is 4.21. The van der Waals surface area contributed by atoms with E-state index >= 15 is 0 Å². The number of pyridine rings is 2. The quantitative estimate of drug-likeness (QED) is 0.666. The van der Waals surface area contributed by atoms with Gasteiger partial charge in [0.25, 0.3) is 5.91 Å². The van der Waals surface area contributed by atoms with E-state index in [2.05, 4.69) is 31.6 Å². The lowest BCUT2D eigenvalue weighted by Gasteiger charge is -2.29. The summed E-state index contributed by atoms with van der Waals surface area (Å²) in [6.45, 7) is 3.85. The van der Waals surface area contributed by atoms with Crippen molar-refractivity contribution in [1.29, 1.82) is 0 Å². The van der Waals surface area contributed by atoms with Gasteiger partial charge in [-0.2, -0.15) is 0 Å². The van der Waals surface area contributed by atoms with Gasteiger partial charge < -0.3 is 20.6 Å². The molecular weight excluding hydrogens is 338 g/mol. The summed E-state index contributed by atoms with van der Waals surface area (Å²) in [4.78, 5) is 23.1. The number of piperazine rings is 1. The fourth-order valence-electron chi connectivity index (χ4n) is 2.85. The number of carbonyl (C=O) groups is 1. The summed E-state index contributed by atoms with van der Waals surface area (Å²) in [5.41, 5.74) is 1.83. The minimum Gasteiger partial charge on any atom is -0.505 e. The van der Waals surface area contributed by atoms with E-state index in [4.69, 9.17) is 0 Å². The number of carbonyl (C=O) groups excluding carboxylic acids is 1. The lowest BCUT2D eigenvalue weighted by Crippen LogP contribution is -2.43. The van der Waals surface area contributed by atoms with E-state index in [1.807, 2.05) is 11.6 Å². The van der Waals surface area contributed by atoms with Crippen LogP contribution >= 0.6 is 11.3 Å². The molecule has 1 amide bonds. The molecule has 0 bridgehead atoms. The van der Waals surface area contributed by atoms with Gasteiger partial charge in [0.2, 0.25) is 0 Å². The first-order valence-electron chi connectivity index (χ1n) is 8.00. The van der Waals surface area contributed by atoms with Gasteiger partial charge in [-0.1, -0.05) is 0 Å². The molecule has 0 aliphatic carbocycles. The van der Waals surface area contributed by atoms with Crippen molar-refractivity contribution in [2.24, 2.45) is 0 Å². The number of thiophene rings is 1. The van der Waals surface area contributed by atoms with Crippen molar-refractivity contribution in [2.75, 3.05) is 36.4 Å². The number of nitrogens with zero attached hydrogens (tertiary/aromatic N) is 3. The monoisotopic (exact) mass is 355 g/mol. The van der Waals surface area contributed by atoms with Gasteiger partial charge in [0.05, 0.1) is 11.9 Å². The van der Waals surface area contributed by atoms with E-state index < -0.39 is 5.91 Å². The average molecular weight is 355 g/mol. The number of hydrogen-bond donors (Lipinski definition) is 3. The number of hydrogen-bond acceptors (Lipinski definition) is 7. The van der Waals surface area contributed by atoms with Crippen molar-refractivity contribution >= 4 is 38.8 Å². The minimum absolute atomic E-state index is 0.00138. The largest absolute Gasteiger partial charge is 0.505 e. The molecule has 1 aliphatic rings. The summed E-state index contributed by atoms with van der Waals surface area (Å²) in [5.74, 6) is -0.593. The van der Waals surface area contributed by atoms with Crippen molar-refractivity contribution in [1.82, 2.24) is 15.3 Å². The minimum atomic E-state index is -0.449. The first kappa shape index (κ1) is 15.8. The molecule has 25 heavy (non-hydrogen) atoms. The number of amides is 1. The highest BCUT2D eigenvalue weighted by Gasteiger charge is 2.17. The zero-order valence-electron chi connectivity index (χ0n) is 13.4. The zero-order valence-corrected chi connectivity index (χ0v) is 14.2. The predicted octanol–water partition coefficient (Wildman–Crippen LogP) is 2.06. The molecule has 7 nitrogen and oxygen atoms in total. The smallest absolute Gasteiger partial charge is 0.278 e. The van der Waals surface area contributed by atoms with Crippen LogP contribution in [0, 0.1) is 0 Å². The molecule has 1 fully saturated rings. The summed E-state index contributed by atoms with van der Waals surface area (Å²) < 4.78 is 0. The maximum absolute atomic E-state index is 12.3. The second-order valence-electron chi connectivity index (χ2n) is 5.76. The predicted molar refractivity (Wildman–Crippen MR) is 98.6 cm³/mol. The molecule has 3 aromatic heterocycles. The van der Waals surface area contributed by atoms with Gasteiger partial charge in [0.1, 0.15) is 16.3 Å². The zero-order chi connectivity index (χ0) is 17.2. The van der Waals surface area contributed by atoms with Crippen LogP contribution in [0.25, 0.3) is 10.9 Å². The van der Waals surface area contributed by atoms with Gasteiger partial charge in [-0.05, 0) is 18.2 Å². The van der Waals surface area contributed by atoms with E-state index in [-0.39, 0.29) is 11.4 Å². The Morgan fingerprint density at radius 2 is 2.16 bits per heavy atom. The number of nitrogens with one attached hydrogen (secondary N) is 2. The number of anilines is 2. The van der Waals surface area contributed by atoms with E-state index in [1.165, 1.54) is 23.6 Å². The van der Waals surface area contributed by atoms with Gasteiger partial charge in [-0.3, -0.25) is 9.78 Å². The van der Waals surface area contributed by atoms with Gasteiger partial charge in [0.15, 0.2) is 5.69 Å². The molecule has 0 aromatic carbocycles. The summed E-state index contributed by atoms with van der Waals surface area (Å²) in [5, 5.41) is 19.5. The molecule has 4 rings (SSSR count). The molecule has 3 N–H and O–H groups in total. The van der Waals surface area contributed by atoms with Crippen LogP contribution < -0.4 is 15.5 Å². The van der Waals surface area contributed by atoms with Crippen molar-refractivity contribution in [3.05, 3.63) is 41.7 Å². The number of aromatic hydroxyl groups is 1. The van der Waals surface area contributed by atoms with Crippen LogP contribution in [-0.2, 0) is 0 Å². The van der Waals surface area contributed by atoms with Crippen LogP contribution in [0.1, 0.15) is 10.5 Å². The molecule has 8 heteroatoms. The molecular formula is C17H17N5O2S. The van der Waals surface area contributed by atoms with E-state index in [0.717, 1.165) is 42.8 Å². The molecule has 128 valence electrons. The molecule has 1 aliphatic heterocycles. The fraction of sp³-hybridized carbons (Fsp3) is 0.235. The van der Waals surface area contributed by atoms with Gasteiger partial charge >= 0.3 is 0 Å². The van der Waals surface area contributed by atoms with Gasteiger partial charge in [-0.15, -0.1) is 11.3 Å². The third kappa shape index (κ3) is 3.13. The molecule has 0 spiro atoms. The summed E-state index contributed by atoms with van der Waals surface area (Å²) >= 11 is 1.41. The summed E-state index contributed by atoms with van der Waals surface area (Å²) in [6.07, 6.45) is 3.31. The number of rotatable bonds is 3. The van der Waals surface area contributed by atoms with E-state index in [9.17, 15) is 9.90 Å². The Hall–Kier alpha value is -2.71. The van der Waals surface area contributed by atoms with Crippen molar-refractivity contribution in [3.8, 4) is 5.75 Å². The molecule has 4 heterocycles. The second-order valence-corrected chi connectivity index (χ2v) is 6.64. The Morgan fingerprint density at radius 1 is 1.32 bits per heavy atom. The van der Waals surface area contributed by atoms with Crippen LogP contribution in [0.3, 0.4) is 0 Å². The highest BCUT2D eigenvalue weighted by atomic mass is 32.1. The Morgan fingerprint density at radius 3 is 2.96 bits per heavy atom. The van der Waals surface area contributed by atoms with E-state index in [1.54, 1.807) is 6.07 Å². The van der Waals surface area contributed by atoms with Gasteiger partial charge in [-0.25, -0.2) is 4.98 Å². The Labute approximate surface area is 148 Å². The third-order valence-corrected chi connectivity index (χ3v) is 5.04. The van der Waals surface area contributed by atoms with Crippen LogP contribution in [0.2, 0.25) is 0 Å². The Bertz CT molecular complexity index is 920. The highest BCUT2D eigenvalue weighted by molar-refractivity contribution is 7.16. The lowest BCUT2D eigenvalue weighted by molar-refractivity contribution is 0.102. The normalized spacial score (nSPS) is 14.6. The van der Waals surface area contributed by atoms with Crippen LogP contribution in [0.5, 0.6) is 5.75 Å². The lowest BCUT2D eigenvalue weighted by atomic mass is 10.2. The van der Waals surface area contributed by atoms with Crippen molar-refractivity contribution in [3.63, 3.8) is 0 Å². The number of fused-ring (bicyclic) bond motifs is 1. The van der Waals surface area contributed by atoms with Crippen LogP contribution in [0.15, 0.2) is 36.0 Å². The molecule has 3 aromatic rings. The highest BCUT2D eigenvalue weighted by Crippen LogP contribution is 2.32. The topological polar surface area (TPSA) is 90.4 Å². The molecule has 0 unspecified atom stereocenters. The van der Waals surface area contributed by atoms with Gasteiger partial charge in [0, 0.05) is 43.1 Å². The number of aromatic nitrogens is 2.